The van der Waals surface area contributed by atoms with E-state index >= 15 is 0 Å². The van der Waals surface area contributed by atoms with Crippen LogP contribution in [-0.4, -0.2) is 69.7 Å². The van der Waals surface area contributed by atoms with Gasteiger partial charge in [-0.3, -0.25) is 10.1 Å². The summed E-state index contributed by atoms with van der Waals surface area (Å²) in [6, 6.07) is 5.80. The van der Waals surface area contributed by atoms with Crippen LogP contribution in [0.3, 0.4) is 0 Å². The van der Waals surface area contributed by atoms with E-state index in [1.807, 2.05) is 18.7 Å². The van der Waals surface area contributed by atoms with Crippen LogP contribution in [0.25, 0.3) is 0 Å². The van der Waals surface area contributed by atoms with Gasteiger partial charge in [-0.2, -0.15) is 4.98 Å². The number of nitrogens with one attached hydrogen (secondary N) is 1. The quantitative estimate of drug-likeness (QED) is 0.271. The fraction of sp³-hybridized carbons (Fsp3) is 0.538. The molecule has 2 aromatic rings. The second-order valence-corrected chi connectivity index (χ2v) is 9.97. The van der Waals surface area contributed by atoms with Crippen LogP contribution < -0.4 is 15.0 Å². The molecule has 0 spiro atoms. The molecule has 1 N–H and O–H groups in total. The van der Waals surface area contributed by atoms with Crippen LogP contribution in [0.15, 0.2) is 30.5 Å². The van der Waals surface area contributed by atoms with Gasteiger partial charge in [0.1, 0.15) is 23.6 Å². The third-order valence-electron chi connectivity index (χ3n) is 5.93. The molecule has 38 heavy (non-hydrogen) atoms. The molecule has 1 fully saturated rings. The highest BCUT2D eigenvalue weighted by molar-refractivity contribution is 5.81. The summed E-state index contributed by atoms with van der Waals surface area (Å²) in [5.74, 6) is 0.0520. The van der Waals surface area contributed by atoms with Gasteiger partial charge in [0.2, 0.25) is 11.8 Å². The van der Waals surface area contributed by atoms with Gasteiger partial charge in [0, 0.05) is 32.6 Å². The monoisotopic (exact) mass is 528 g/mol. The van der Waals surface area contributed by atoms with Crippen LogP contribution >= 0.6 is 0 Å². The smallest absolute Gasteiger partial charge is 0.415 e. The lowest BCUT2D eigenvalue weighted by Gasteiger charge is -2.25. The Morgan fingerprint density at radius 3 is 2.34 bits per heavy atom. The molecule has 1 unspecified atom stereocenters. The third-order valence-corrected chi connectivity index (χ3v) is 5.93. The third kappa shape index (κ3) is 7.77. The van der Waals surface area contributed by atoms with Crippen molar-refractivity contribution in [2.45, 2.75) is 65.5 Å². The average molecular weight is 529 g/mol. The standard InChI is InChI=1S/C26H36N6O6/c1-6-30(7-2)24-27-17-21(32(35)36)22(29-24)28-20(23(33)38-26(3,4)5)16-18-10-12-19(13-11-18)37-25(34)31-14-8-9-15-31/h10-13,17,20H,6-9,14-16H2,1-5H3,(H,27,28,29). The van der Waals surface area contributed by atoms with E-state index in [1.54, 1.807) is 49.9 Å². The van der Waals surface area contributed by atoms with E-state index in [0.717, 1.165) is 24.6 Å². The van der Waals surface area contributed by atoms with E-state index in [0.29, 0.717) is 37.9 Å². The predicted octanol–water partition coefficient (Wildman–Crippen LogP) is 4.19. The number of benzene rings is 1. The summed E-state index contributed by atoms with van der Waals surface area (Å²) in [6.45, 7) is 11.7. The zero-order chi connectivity index (χ0) is 27.9. The lowest BCUT2D eigenvalue weighted by atomic mass is 10.1. The Morgan fingerprint density at radius 2 is 1.79 bits per heavy atom. The Morgan fingerprint density at radius 1 is 1.16 bits per heavy atom. The minimum absolute atomic E-state index is 0.0704. The van der Waals surface area contributed by atoms with Crippen LogP contribution in [0.1, 0.15) is 53.0 Å². The SMILES string of the molecule is CCN(CC)c1ncc([N+](=O)[O-])c(NC(Cc2ccc(OC(=O)N3CCCC3)cc2)C(=O)OC(C)(C)C)n1. The number of nitrogens with zero attached hydrogens (tertiary/aromatic N) is 5. The summed E-state index contributed by atoms with van der Waals surface area (Å²) in [5, 5.41) is 14.7. The largest absolute Gasteiger partial charge is 0.458 e. The van der Waals surface area contributed by atoms with Crippen molar-refractivity contribution in [3.63, 3.8) is 0 Å². The van der Waals surface area contributed by atoms with E-state index in [-0.39, 0.29) is 24.0 Å². The van der Waals surface area contributed by atoms with Crippen molar-refractivity contribution in [1.82, 2.24) is 14.9 Å². The summed E-state index contributed by atoms with van der Waals surface area (Å²) >= 11 is 0. The van der Waals surface area contributed by atoms with Crippen molar-refractivity contribution in [2.24, 2.45) is 0 Å². The van der Waals surface area contributed by atoms with Crippen molar-refractivity contribution < 1.29 is 24.0 Å². The summed E-state index contributed by atoms with van der Waals surface area (Å²) in [5.41, 5.74) is -0.386. The van der Waals surface area contributed by atoms with Gasteiger partial charge in [-0.25, -0.2) is 14.6 Å². The molecule has 2 heterocycles. The highest BCUT2D eigenvalue weighted by atomic mass is 16.6. The molecule has 206 valence electrons. The zero-order valence-electron chi connectivity index (χ0n) is 22.6. The predicted molar refractivity (Wildman–Crippen MR) is 142 cm³/mol. The highest BCUT2D eigenvalue weighted by Crippen LogP contribution is 2.26. The van der Waals surface area contributed by atoms with Crippen molar-refractivity contribution in [1.29, 1.82) is 0 Å². The summed E-state index contributed by atoms with van der Waals surface area (Å²) in [7, 11) is 0. The Labute approximate surface area is 222 Å². The van der Waals surface area contributed by atoms with Gasteiger partial charge in [0.25, 0.3) is 0 Å². The number of likely N-dealkylation sites (tertiary alicyclic amines) is 1. The van der Waals surface area contributed by atoms with Gasteiger partial charge in [-0.05, 0) is 65.2 Å². The molecule has 0 saturated carbocycles. The zero-order valence-corrected chi connectivity index (χ0v) is 22.6. The maximum absolute atomic E-state index is 13.2. The Hall–Kier alpha value is -3.96. The van der Waals surface area contributed by atoms with E-state index in [1.165, 1.54) is 0 Å². The summed E-state index contributed by atoms with van der Waals surface area (Å²) in [4.78, 5) is 48.6. The van der Waals surface area contributed by atoms with Crippen LogP contribution in [0, 0.1) is 10.1 Å². The summed E-state index contributed by atoms with van der Waals surface area (Å²) in [6.07, 6.45) is 2.83. The van der Waals surface area contributed by atoms with E-state index in [9.17, 15) is 19.7 Å². The normalized spacial score (nSPS) is 14.1. The molecule has 1 aliphatic rings. The number of amides is 1. The fourth-order valence-corrected chi connectivity index (χ4v) is 3.99. The van der Waals surface area contributed by atoms with Gasteiger partial charge >= 0.3 is 17.7 Å². The molecule has 0 aliphatic carbocycles. The first-order chi connectivity index (χ1) is 18.0. The molecule has 3 rings (SSSR count). The molecule has 1 saturated heterocycles. The van der Waals surface area contributed by atoms with Gasteiger partial charge in [-0.15, -0.1) is 0 Å². The number of esters is 1. The molecule has 0 radical (unpaired) electrons. The number of hydrogen-bond acceptors (Lipinski definition) is 10. The first kappa shape index (κ1) is 28.6. The number of carbonyl (C=O) groups excluding carboxylic acids is 2. The Bertz CT molecular complexity index is 1120. The van der Waals surface area contributed by atoms with Gasteiger partial charge in [-0.1, -0.05) is 12.1 Å². The lowest BCUT2D eigenvalue weighted by molar-refractivity contribution is -0.384. The van der Waals surface area contributed by atoms with Gasteiger partial charge in [0.05, 0.1) is 4.92 Å². The average Bonchev–Trinajstić information content (AvgIpc) is 3.40. The van der Waals surface area contributed by atoms with Crippen LogP contribution in [0.4, 0.5) is 22.2 Å². The molecule has 1 aromatic heterocycles. The second kappa shape index (κ2) is 12.5. The van der Waals surface area contributed by atoms with Gasteiger partial charge in [0.15, 0.2) is 0 Å². The van der Waals surface area contributed by atoms with E-state index in [4.69, 9.17) is 9.47 Å². The molecule has 1 aromatic carbocycles. The van der Waals surface area contributed by atoms with E-state index < -0.39 is 22.5 Å². The molecular weight excluding hydrogens is 492 g/mol. The Kier molecular flexibility index (Phi) is 9.43. The number of nitro groups is 1. The number of hydrogen-bond donors (Lipinski definition) is 1. The van der Waals surface area contributed by atoms with Crippen molar-refractivity contribution >= 4 is 29.5 Å². The molecule has 12 nitrogen and oxygen atoms in total. The Balaban J connectivity index is 1.84. The van der Waals surface area contributed by atoms with Crippen LogP contribution in [0.5, 0.6) is 5.75 Å². The maximum atomic E-state index is 13.2. The number of rotatable bonds is 10. The molecular formula is C26H36N6O6. The lowest BCUT2D eigenvalue weighted by Crippen LogP contribution is -2.38. The van der Waals surface area contributed by atoms with Crippen LogP contribution in [-0.2, 0) is 16.0 Å². The number of aromatic nitrogens is 2. The molecule has 12 heteroatoms. The first-order valence-electron chi connectivity index (χ1n) is 12.8. The highest BCUT2D eigenvalue weighted by Gasteiger charge is 2.29. The topological polar surface area (TPSA) is 140 Å². The second-order valence-electron chi connectivity index (χ2n) is 9.97. The molecule has 1 aliphatic heterocycles. The molecule has 1 amide bonds. The minimum Gasteiger partial charge on any atom is -0.458 e. The number of anilines is 2. The van der Waals surface area contributed by atoms with Crippen molar-refractivity contribution in [3.8, 4) is 5.75 Å². The van der Waals surface area contributed by atoms with E-state index in [2.05, 4.69) is 15.3 Å². The fourth-order valence-electron chi connectivity index (χ4n) is 3.99. The molecule has 1 atom stereocenters. The van der Waals surface area contributed by atoms with Crippen molar-refractivity contribution in [3.05, 3.63) is 46.1 Å². The minimum atomic E-state index is -0.981. The molecule has 0 bridgehead atoms. The maximum Gasteiger partial charge on any atom is 0.415 e. The summed E-state index contributed by atoms with van der Waals surface area (Å²) < 4.78 is 11.0. The van der Waals surface area contributed by atoms with Gasteiger partial charge < -0.3 is 24.6 Å². The first-order valence-corrected chi connectivity index (χ1v) is 12.8. The number of carbonyl (C=O) groups is 2. The number of ether oxygens (including phenoxy) is 2. The van der Waals surface area contributed by atoms with Crippen LogP contribution in [0.2, 0.25) is 0 Å². The van der Waals surface area contributed by atoms with Crippen molar-refractivity contribution in [2.75, 3.05) is 36.4 Å².